The van der Waals surface area contributed by atoms with Crippen molar-refractivity contribution in [3.8, 4) is 0 Å². The molecular formula is C15H34ClNO. The smallest absolute Gasteiger partial charge is 0.0780 e. The van der Waals surface area contributed by atoms with Gasteiger partial charge in [0.25, 0.3) is 0 Å². The number of rotatable bonds is 12. The fraction of sp³-hybridized carbons (Fsp3) is 1.00. The van der Waals surface area contributed by atoms with Crippen molar-refractivity contribution in [2.75, 3.05) is 34.3 Å². The third-order valence-corrected chi connectivity index (χ3v) is 3.24. The number of halogens is 1. The maximum atomic E-state index is 8.65. The minimum atomic E-state index is 0. The fourth-order valence-electron chi connectivity index (χ4n) is 2.11. The predicted molar refractivity (Wildman–Crippen MR) is 76.2 cm³/mol. The highest BCUT2D eigenvalue weighted by Crippen LogP contribution is 2.11. The lowest BCUT2D eigenvalue weighted by Crippen LogP contribution is -3.00. The third-order valence-electron chi connectivity index (χ3n) is 3.24. The van der Waals surface area contributed by atoms with E-state index in [2.05, 4.69) is 21.1 Å². The summed E-state index contributed by atoms with van der Waals surface area (Å²) >= 11 is 0. The van der Waals surface area contributed by atoms with Gasteiger partial charge in [-0.2, -0.15) is 0 Å². The summed E-state index contributed by atoms with van der Waals surface area (Å²) in [4.78, 5) is 0. The molecule has 0 rings (SSSR count). The van der Waals surface area contributed by atoms with Crippen molar-refractivity contribution in [1.29, 1.82) is 0 Å². The van der Waals surface area contributed by atoms with Crippen LogP contribution in [-0.4, -0.2) is 43.9 Å². The van der Waals surface area contributed by atoms with Crippen LogP contribution in [0.2, 0.25) is 0 Å². The van der Waals surface area contributed by atoms with E-state index >= 15 is 0 Å². The molecule has 1 N–H and O–H groups in total. The van der Waals surface area contributed by atoms with E-state index in [1.54, 1.807) is 0 Å². The topological polar surface area (TPSA) is 20.2 Å². The zero-order chi connectivity index (χ0) is 13.0. The zero-order valence-electron chi connectivity index (χ0n) is 12.8. The summed E-state index contributed by atoms with van der Waals surface area (Å²) in [6.45, 7) is 1.67. The maximum Gasteiger partial charge on any atom is 0.0780 e. The first-order valence-electron chi connectivity index (χ1n) is 7.47. The molecule has 0 aromatic carbocycles. The standard InChI is InChI=1S/C15H34NO.ClH/c1-16(2,3)14-12-10-8-6-4-5-7-9-11-13-15-17;/h17H,4-15H2,1-3H3;1H/q+1;/p-1. The molecule has 0 aliphatic rings. The normalized spacial score (nSPS) is 11.3. The quantitative estimate of drug-likeness (QED) is 0.410. The molecule has 2 nitrogen and oxygen atoms in total. The molecule has 0 heterocycles. The number of hydrogen-bond donors (Lipinski definition) is 1. The molecule has 0 spiro atoms. The van der Waals surface area contributed by atoms with Gasteiger partial charge in [0.1, 0.15) is 0 Å². The fourth-order valence-corrected chi connectivity index (χ4v) is 2.11. The molecule has 0 bridgehead atoms. The minimum absolute atomic E-state index is 0. The monoisotopic (exact) mass is 279 g/mol. The Labute approximate surface area is 121 Å². The van der Waals surface area contributed by atoms with Gasteiger partial charge in [0.2, 0.25) is 0 Å². The van der Waals surface area contributed by atoms with Gasteiger partial charge in [-0.1, -0.05) is 44.9 Å². The van der Waals surface area contributed by atoms with Gasteiger partial charge in [-0.3, -0.25) is 0 Å². The van der Waals surface area contributed by atoms with Crippen LogP contribution < -0.4 is 12.4 Å². The van der Waals surface area contributed by atoms with Crippen LogP contribution in [0.25, 0.3) is 0 Å². The Morgan fingerprint density at radius 3 is 1.28 bits per heavy atom. The molecule has 3 heteroatoms. The lowest BCUT2D eigenvalue weighted by atomic mass is 10.1. The Hall–Kier alpha value is 0.210. The van der Waals surface area contributed by atoms with Crippen LogP contribution in [0, 0.1) is 0 Å². The summed E-state index contributed by atoms with van der Waals surface area (Å²) in [6, 6.07) is 0. The van der Waals surface area contributed by atoms with Crippen molar-refractivity contribution in [1.82, 2.24) is 0 Å². The molecule has 0 saturated carbocycles. The summed E-state index contributed by atoms with van der Waals surface area (Å²) in [5.74, 6) is 0. The highest BCUT2D eigenvalue weighted by molar-refractivity contribution is 4.47. The van der Waals surface area contributed by atoms with E-state index in [1.165, 1.54) is 64.3 Å². The van der Waals surface area contributed by atoms with E-state index in [1.807, 2.05) is 0 Å². The Morgan fingerprint density at radius 2 is 0.944 bits per heavy atom. The molecule has 0 radical (unpaired) electrons. The highest BCUT2D eigenvalue weighted by Gasteiger charge is 2.04. The highest BCUT2D eigenvalue weighted by atomic mass is 35.5. The van der Waals surface area contributed by atoms with Crippen molar-refractivity contribution in [3.63, 3.8) is 0 Å². The maximum absolute atomic E-state index is 8.65. The SMILES string of the molecule is C[N+](C)(C)CCCCCCCCCCCCO.[Cl-]. The van der Waals surface area contributed by atoms with Crippen molar-refractivity contribution in [2.24, 2.45) is 0 Å². The second-order valence-corrected chi connectivity index (χ2v) is 6.27. The van der Waals surface area contributed by atoms with Crippen LogP contribution in [0.5, 0.6) is 0 Å². The van der Waals surface area contributed by atoms with Crippen LogP contribution in [0.4, 0.5) is 0 Å². The van der Waals surface area contributed by atoms with Gasteiger partial charge in [-0.05, 0) is 19.3 Å². The molecule has 0 amide bonds. The minimum Gasteiger partial charge on any atom is -1.00 e. The first-order valence-corrected chi connectivity index (χ1v) is 7.47. The summed E-state index contributed by atoms with van der Waals surface area (Å²) < 4.78 is 1.10. The van der Waals surface area contributed by atoms with Crippen molar-refractivity contribution in [2.45, 2.75) is 64.2 Å². The van der Waals surface area contributed by atoms with Crippen LogP contribution in [-0.2, 0) is 0 Å². The van der Waals surface area contributed by atoms with Crippen LogP contribution in [0.3, 0.4) is 0 Å². The van der Waals surface area contributed by atoms with Gasteiger partial charge in [-0.15, -0.1) is 0 Å². The lowest BCUT2D eigenvalue weighted by molar-refractivity contribution is -0.870. The summed E-state index contributed by atoms with van der Waals surface area (Å²) in [6.07, 6.45) is 13.3. The second kappa shape index (κ2) is 13.6. The molecule has 0 fully saturated rings. The van der Waals surface area contributed by atoms with Crippen LogP contribution in [0.15, 0.2) is 0 Å². The number of hydrogen-bond acceptors (Lipinski definition) is 1. The van der Waals surface area contributed by atoms with Gasteiger partial charge < -0.3 is 22.0 Å². The first-order chi connectivity index (χ1) is 8.06. The van der Waals surface area contributed by atoms with Gasteiger partial charge in [-0.25, -0.2) is 0 Å². The Bertz CT molecular complexity index is 157. The molecule has 0 aromatic heterocycles. The van der Waals surface area contributed by atoms with Gasteiger partial charge in [0.15, 0.2) is 0 Å². The molecule has 18 heavy (non-hydrogen) atoms. The first kappa shape index (κ1) is 20.5. The summed E-state index contributed by atoms with van der Waals surface area (Å²) in [7, 11) is 6.81. The van der Waals surface area contributed by atoms with Gasteiger partial charge >= 0.3 is 0 Å². The Balaban J connectivity index is 0. The molecule has 0 aromatic rings. The van der Waals surface area contributed by atoms with Crippen molar-refractivity contribution >= 4 is 0 Å². The van der Waals surface area contributed by atoms with Gasteiger partial charge in [0, 0.05) is 6.61 Å². The predicted octanol–water partition coefficient (Wildman–Crippen LogP) is 0.590. The van der Waals surface area contributed by atoms with E-state index < -0.39 is 0 Å². The Morgan fingerprint density at radius 1 is 0.611 bits per heavy atom. The molecule has 0 aliphatic carbocycles. The van der Waals surface area contributed by atoms with Crippen LogP contribution >= 0.6 is 0 Å². The number of aliphatic hydroxyl groups is 1. The van der Waals surface area contributed by atoms with E-state index in [9.17, 15) is 0 Å². The summed E-state index contributed by atoms with van der Waals surface area (Å²) in [5.41, 5.74) is 0. The second-order valence-electron chi connectivity index (χ2n) is 6.27. The average molecular weight is 280 g/mol. The van der Waals surface area contributed by atoms with Crippen LogP contribution in [0.1, 0.15) is 64.2 Å². The van der Waals surface area contributed by atoms with E-state index in [0.29, 0.717) is 6.61 Å². The molecular weight excluding hydrogens is 246 g/mol. The zero-order valence-corrected chi connectivity index (χ0v) is 13.5. The summed E-state index contributed by atoms with van der Waals surface area (Å²) in [5, 5.41) is 8.65. The van der Waals surface area contributed by atoms with Crippen molar-refractivity contribution in [3.05, 3.63) is 0 Å². The number of unbranched alkanes of at least 4 members (excludes halogenated alkanes) is 9. The number of quaternary nitrogens is 1. The van der Waals surface area contributed by atoms with E-state index in [-0.39, 0.29) is 12.4 Å². The molecule has 112 valence electrons. The third kappa shape index (κ3) is 18.6. The van der Waals surface area contributed by atoms with E-state index in [0.717, 1.165) is 10.9 Å². The molecule has 0 atom stereocenters. The largest absolute Gasteiger partial charge is 1.00 e. The van der Waals surface area contributed by atoms with Gasteiger partial charge in [0.05, 0.1) is 27.7 Å². The van der Waals surface area contributed by atoms with E-state index in [4.69, 9.17) is 5.11 Å². The molecule has 0 aliphatic heterocycles. The lowest BCUT2D eigenvalue weighted by Gasteiger charge is -2.23. The Kier molecular flexibility index (Phi) is 15.6. The molecule has 0 unspecified atom stereocenters. The average Bonchev–Trinajstić information content (AvgIpc) is 2.24. The number of aliphatic hydroxyl groups excluding tert-OH is 1. The molecule has 0 saturated heterocycles. The van der Waals surface area contributed by atoms with Crippen molar-refractivity contribution < 1.29 is 22.0 Å². The number of nitrogens with zero attached hydrogens (tertiary/aromatic N) is 1.